The van der Waals surface area contributed by atoms with Crippen molar-refractivity contribution >= 4 is 11.1 Å². The molecule has 0 aliphatic carbocycles. The van der Waals surface area contributed by atoms with Crippen LogP contribution in [-0.4, -0.2) is 6.04 Å². The maximum atomic E-state index is 3.38. The van der Waals surface area contributed by atoms with Crippen molar-refractivity contribution in [2.24, 2.45) is 0 Å². The van der Waals surface area contributed by atoms with Crippen LogP contribution in [0.4, 0.5) is 0 Å². The molecule has 2 aromatic rings. The number of dihydropyridines is 1. The van der Waals surface area contributed by atoms with Crippen molar-refractivity contribution in [3.63, 3.8) is 0 Å². The fourth-order valence-electron chi connectivity index (χ4n) is 2.68. The summed E-state index contributed by atoms with van der Waals surface area (Å²) < 4.78 is 0. The van der Waals surface area contributed by atoms with Gasteiger partial charge in [-0.3, -0.25) is 0 Å². The molecule has 1 heterocycles. The Hall–Kier alpha value is -2.80. The minimum atomic E-state index is 0.203. The summed E-state index contributed by atoms with van der Waals surface area (Å²) in [5.41, 5.74) is 4.97. The number of allylic oxidation sites excluding steroid dienone is 5. The van der Waals surface area contributed by atoms with Crippen LogP contribution in [-0.2, 0) is 0 Å². The van der Waals surface area contributed by atoms with E-state index in [-0.39, 0.29) is 6.04 Å². The third-order valence-electron chi connectivity index (χ3n) is 3.92. The third kappa shape index (κ3) is 3.89. The molecule has 0 amide bonds. The van der Waals surface area contributed by atoms with Crippen LogP contribution in [0.1, 0.15) is 18.1 Å². The first-order valence-corrected chi connectivity index (χ1v) is 7.96. The average Bonchev–Trinajstić information content (AvgIpc) is 2.64. The van der Waals surface area contributed by atoms with Crippen molar-refractivity contribution in [2.45, 2.75) is 13.0 Å². The van der Waals surface area contributed by atoms with E-state index in [1.165, 1.54) is 22.3 Å². The predicted octanol–water partition coefficient (Wildman–Crippen LogP) is 5.22. The largest absolute Gasteiger partial charge is 0.381 e. The third-order valence-corrected chi connectivity index (χ3v) is 3.92. The normalized spacial score (nSPS) is 17.9. The average molecular weight is 299 g/mol. The Morgan fingerprint density at radius 1 is 0.957 bits per heavy atom. The van der Waals surface area contributed by atoms with Gasteiger partial charge in [0, 0.05) is 0 Å². The lowest BCUT2D eigenvalue weighted by molar-refractivity contribution is 0.832. The van der Waals surface area contributed by atoms with Crippen molar-refractivity contribution in [3.8, 4) is 0 Å². The summed E-state index contributed by atoms with van der Waals surface area (Å²) in [7, 11) is 0. The Kier molecular flexibility index (Phi) is 4.90. The monoisotopic (exact) mass is 299 g/mol. The highest BCUT2D eigenvalue weighted by atomic mass is 14.9. The lowest BCUT2D eigenvalue weighted by Crippen LogP contribution is -2.22. The lowest BCUT2D eigenvalue weighted by Gasteiger charge is -2.16. The van der Waals surface area contributed by atoms with Gasteiger partial charge in [-0.05, 0) is 41.5 Å². The van der Waals surface area contributed by atoms with E-state index < -0.39 is 0 Å². The molecule has 0 fully saturated rings. The fourth-order valence-corrected chi connectivity index (χ4v) is 2.68. The number of rotatable bonds is 4. The molecule has 0 bridgehead atoms. The molecule has 1 N–H and O–H groups in total. The maximum absolute atomic E-state index is 3.38. The molecule has 1 unspecified atom stereocenters. The summed E-state index contributed by atoms with van der Waals surface area (Å²) in [4.78, 5) is 0. The van der Waals surface area contributed by atoms with Crippen LogP contribution in [0.2, 0.25) is 0 Å². The molecule has 0 radical (unpaired) electrons. The summed E-state index contributed by atoms with van der Waals surface area (Å²) in [5, 5.41) is 3.38. The highest BCUT2D eigenvalue weighted by Gasteiger charge is 2.07. The predicted molar refractivity (Wildman–Crippen MR) is 99.7 cm³/mol. The van der Waals surface area contributed by atoms with Crippen LogP contribution in [0.5, 0.6) is 0 Å². The second-order valence-corrected chi connectivity index (χ2v) is 5.48. The first-order valence-electron chi connectivity index (χ1n) is 7.96. The van der Waals surface area contributed by atoms with E-state index in [2.05, 4.69) is 91.2 Å². The Morgan fingerprint density at radius 3 is 2.35 bits per heavy atom. The van der Waals surface area contributed by atoms with Gasteiger partial charge in [0.05, 0.1) is 6.04 Å². The SMILES string of the molecule is C/C=C(\C=C\C1C=C(c2ccccc2)C=CN1)c1ccccc1. The molecule has 0 spiro atoms. The summed E-state index contributed by atoms with van der Waals surface area (Å²) in [6, 6.07) is 21.1. The van der Waals surface area contributed by atoms with Crippen molar-refractivity contribution < 1.29 is 0 Å². The second kappa shape index (κ2) is 7.46. The van der Waals surface area contributed by atoms with Crippen molar-refractivity contribution in [2.75, 3.05) is 0 Å². The van der Waals surface area contributed by atoms with Crippen LogP contribution in [0.15, 0.2) is 97.2 Å². The van der Waals surface area contributed by atoms with Gasteiger partial charge in [0.15, 0.2) is 0 Å². The Balaban J connectivity index is 1.77. The van der Waals surface area contributed by atoms with E-state index in [1.807, 2.05) is 18.3 Å². The van der Waals surface area contributed by atoms with Gasteiger partial charge in [0.2, 0.25) is 0 Å². The molecule has 23 heavy (non-hydrogen) atoms. The van der Waals surface area contributed by atoms with Crippen LogP contribution in [0.25, 0.3) is 11.1 Å². The standard InChI is InChI=1S/C22H21N/c1-2-18(19-9-5-3-6-10-19)13-14-22-17-21(15-16-23-22)20-11-7-4-8-12-20/h2-17,22-23H,1H3/b14-13+,18-2+. The number of hydrogen-bond donors (Lipinski definition) is 1. The molecule has 1 aliphatic rings. The smallest absolute Gasteiger partial charge is 0.0635 e. The highest BCUT2D eigenvalue weighted by molar-refractivity contribution is 5.77. The van der Waals surface area contributed by atoms with Crippen molar-refractivity contribution in [1.29, 1.82) is 0 Å². The maximum Gasteiger partial charge on any atom is 0.0635 e. The molecule has 1 aliphatic heterocycles. The quantitative estimate of drug-likeness (QED) is 0.764. The number of hydrogen-bond acceptors (Lipinski definition) is 1. The second-order valence-electron chi connectivity index (χ2n) is 5.48. The Labute approximate surface area is 138 Å². The van der Waals surface area contributed by atoms with Gasteiger partial charge < -0.3 is 5.32 Å². The number of benzene rings is 2. The molecule has 1 nitrogen and oxygen atoms in total. The molecule has 114 valence electrons. The van der Waals surface area contributed by atoms with Crippen LogP contribution in [0.3, 0.4) is 0 Å². The van der Waals surface area contributed by atoms with Crippen LogP contribution >= 0.6 is 0 Å². The minimum absolute atomic E-state index is 0.203. The van der Waals surface area contributed by atoms with E-state index in [0.717, 1.165) is 0 Å². The summed E-state index contributed by atoms with van der Waals surface area (Å²) >= 11 is 0. The molecule has 2 aromatic carbocycles. The topological polar surface area (TPSA) is 12.0 Å². The highest BCUT2D eigenvalue weighted by Crippen LogP contribution is 2.20. The molecular formula is C22H21N. The summed E-state index contributed by atoms with van der Waals surface area (Å²) in [6.45, 7) is 2.08. The van der Waals surface area contributed by atoms with Gasteiger partial charge in [-0.1, -0.05) is 85.0 Å². The molecule has 1 atom stereocenters. The van der Waals surface area contributed by atoms with Gasteiger partial charge >= 0.3 is 0 Å². The summed E-state index contributed by atoms with van der Waals surface area (Å²) in [6.07, 6.45) is 12.9. The van der Waals surface area contributed by atoms with Gasteiger partial charge in [-0.2, -0.15) is 0 Å². The minimum Gasteiger partial charge on any atom is -0.381 e. The fraction of sp³-hybridized carbons (Fsp3) is 0.0909. The zero-order chi connectivity index (χ0) is 15.9. The Morgan fingerprint density at radius 2 is 1.65 bits per heavy atom. The van der Waals surface area contributed by atoms with E-state index >= 15 is 0 Å². The van der Waals surface area contributed by atoms with E-state index in [1.54, 1.807) is 0 Å². The molecule has 3 rings (SSSR count). The molecule has 1 heteroatoms. The summed E-state index contributed by atoms with van der Waals surface area (Å²) in [5.74, 6) is 0. The van der Waals surface area contributed by atoms with E-state index in [4.69, 9.17) is 0 Å². The first-order chi connectivity index (χ1) is 11.4. The number of nitrogens with one attached hydrogen (secondary N) is 1. The lowest BCUT2D eigenvalue weighted by atomic mass is 9.99. The van der Waals surface area contributed by atoms with Gasteiger partial charge in [-0.25, -0.2) is 0 Å². The van der Waals surface area contributed by atoms with Gasteiger partial charge in [0.25, 0.3) is 0 Å². The van der Waals surface area contributed by atoms with Crippen LogP contribution in [0, 0.1) is 0 Å². The van der Waals surface area contributed by atoms with Crippen LogP contribution < -0.4 is 5.32 Å². The molecule has 0 aromatic heterocycles. The molecule has 0 saturated heterocycles. The van der Waals surface area contributed by atoms with E-state index in [0.29, 0.717) is 0 Å². The van der Waals surface area contributed by atoms with Crippen molar-refractivity contribution in [3.05, 3.63) is 108 Å². The van der Waals surface area contributed by atoms with Gasteiger partial charge in [-0.15, -0.1) is 0 Å². The van der Waals surface area contributed by atoms with Crippen molar-refractivity contribution in [1.82, 2.24) is 5.32 Å². The zero-order valence-electron chi connectivity index (χ0n) is 13.3. The molecule has 0 saturated carbocycles. The van der Waals surface area contributed by atoms with E-state index in [9.17, 15) is 0 Å². The first kappa shape index (κ1) is 15.1. The Bertz CT molecular complexity index is 749. The zero-order valence-corrected chi connectivity index (χ0v) is 13.3. The van der Waals surface area contributed by atoms with Gasteiger partial charge in [0.1, 0.15) is 0 Å². The molecular weight excluding hydrogens is 278 g/mol.